The number of anilines is 2. The lowest BCUT2D eigenvalue weighted by molar-refractivity contribution is 0.0131. The van der Waals surface area contributed by atoms with Crippen LogP contribution >= 0.6 is 0 Å². The summed E-state index contributed by atoms with van der Waals surface area (Å²) in [6.07, 6.45) is 1.17. The van der Waals surface area contributed by atoms with Gasteiger partial charge in [-0.25, -0.2) is 13.8 Å². The number of halogens is 2. The van der Waals surface area contributed by atoms with E-state index >= 15 is 0 Å². The number of hydrogen-bond acceptors (Lipinski definition) is 5. The van der Waals surface area contributed by atoms with Crippen LogP contribution in [0.3, 0.4) is 0 Å². The second-order valence-electron chi connectivity index (χ2n) is 6.83. The Bertz CT molecular complexity index is 1000. The number of aliphatic hydroxyl groups excluding tert-OH is 1. The normalized spacial score (nSPS) is 11.3. The molecule has 2 heterocycles. The van der Waals surface area contributed by atoms with Crippen LogP contribution in [0.2, 0.25) is 0 Å². The molecule has 2 aromatic heterocycles. The van der Waals surface area contributed by atoms with Gasteiger partial charge in [-0.1, -0.05) is 24.3 Å². The first kappa shape index (κ1) is 20.5. The largest absolute Gasteiger partial charge is 0.390 e. The summed E-state index contributed by atoms with van der Waals surface area (Å²) in [7, 11) is 0. The minimum atomic E-state index is -2.73. The number of alkyl halides is 2. The van der Waals surface area contributed by atoms with Crippen molar-refractivity contribution in [3.8, 4) is 11.3 Å². The third-order valence-corrected chi connectivity index (χ3v) is 4.36. The fraction of sp³-hybridized carbons (Fsp3) is 0.227. The molecule has 0 atom stereocenters. The molecule has 0 radical (unpaired) electrons. The maximum absolute atomic E-state index is 13.1. The highest BCUT2D eigenvalue weighted by Gasteiger charge is 2.20. The summed E-state index contributed by atoms with van der Waals surface area (Å²) < 4.78 is 26.3. The van der Waals surface area contributed by atoms with Gasteiger partial charge in [-0.15, -0.1) is 0 Å². The maximum Gasteiger partial charge on any atom is 0.245 e. The molecule has 0 aliphatic carbocycles. The van der Waals surface area contributed by atoms with Crippen molar-refractivity contribution in [1.29, 1.82) is 5.41 Å². The lowest BCUT2D eigenvalue weighted by Crippen LogP contribution is -2.11. The Morgan fingerprint density at radius 3 is 2.55 bits per heavy atom. The zero-order valence-corrected chi connectivity index (χ0v) is 16.0. The van der Waals surface area contributed by atoms with Crippen LogP contribution in [0.25, 0.3) is 11.3 Å². The quantitative estimate of drug-likeness (QED) is 0.470. The second kappa shape index (κ2) is 8.87. The Balaban J connectivity index is 1.89. The summed E-state index contributed by atoms with van der Waals surface area (Å²) in [5.41, 5.74) is 3.91. The van der Waals surface area contributed by atoms with E-state index in [0.717, 1.165) is 12.5 Å². The summed E-state index contributed by atoms with van der Waals surface area (Å²) in [4.78, 5) is 8.81. The monoisotopic (exact) mass is 396 g/mol. The SMILES string of the molecule is CC(F)(F)CCc1cccc(-c2ccc(C=N)c(Nc3cccc(CO)n3)c2)n1. The van der Waals surface area contributed by atoms with Crippen LogP contribution in [0.1, 0.15) is 30.3 Å². The van der Waals surface area contributed by atoms with Crippen LogP contribution in [0.4, 0.5) is 20.3 Å². The predicted molar refractivity (Wildman–Crippen MR) is 110 cm³/mol. The predicted octanol–water partition coefficient (Wildman–Crippen LogP) is 4.96. The Morgan fingerprint density at radius 1 is 1.07 bits per heavy atom. The van der Waals surface area contributed by atoms with E-state index in [2.05, 4.69) is 15.3 Å². The molecule has 0 fully saturated rings. The molecule has 5 nitrogen and oxygen atoms in total. The number of pyridine rings is 2. The van der Waals surface area contributed by atoms with Gasteiger partial charge in [0.1, 0.15) is 5.82 Å². The van der Waals surface area contributed by atoms with Gasteiger partial charge in [-0.05, 0) is 43.7 Å². The molecule has 0 spiro atoms. The fourth-order valence-electron chi connectivity index (χ4n) is 2.85. The van der Waals surface area contributed by atoms with Crippen LogP contribution in [0.15, 0.2) is 54.6 Å². The van der Waals surface area contributed by atoms with Crippen LogP contribution in [0.5, 0.6) is 0 Å². The number of hydrogen-bond donors (Lipinski definition) is 3. The zero-order valence-electron chi connectivity index (χ0n) is 16.0. The van der Waals surface area contributed by atoms with E-state index in [4.69, 9.17) is 5.41 Å². The third-order valence-electron chi connectivity index (χ3n) is 4.36. The minimum Gasteiger partial charge on any atom is -0.390 e. The van der Waals surface area contributed by atoms with Crippen LogP contribution in [-0.2, 0) is 13.0 Å². The van der Waals surface area contributed by atoms with Crippen molar-refractivity contribution in [2.75, 3.05) is 5.32 Å². The zero-order chi connectivity index (χ0) is 20.9. The van der Waals surface area contributed by atoms with Gasteiger partial charge < -0.3 is 15.8 Å². The van der Waals surface area contributed by atoms with Crippen LogP contribution < -0.4 is 5.32 Å². The van der Waals surface area contributed by atoms with Gasteiger partial charge in [-0.3, -0.25) is 4.98 Å². The summed E-state index contributed by atoms with van der Waals surface area (Å²) in [5.74, 6) is -2.18. The molecule has 29 heavy (non-hydrogen) atoms. The molecule has 3 aromatic rings. The number of nitrogens with one attached hydrogen (secondary N) is 2. The van der Waals surface area contributed by atoms with Gasteiger partial charge in [0, 0.05) is 35.1 Å². The number of rotatable bonds is 8. The van der Waals surface area contributed by atoms with Gasteiger partial charge in [0.05, 0.1) is 18.0 Å². The maximum atomic E-state index is 13.1. The Hall–Kier alpha value is -3.19. The van der Waals surface area contributed by atoms with E-state index in [1.807, 2.05) is 18.2 Å². The molecular formula is C22H22F2N4O. The Kier molecular flexibility index (Phi) is 6.29. The smallest absolute Gasteiger partial charge is 0.245 e. The van der Waals surface area contributed by atoms with Crippen molar-refractivity contribution in [2.24, 2.45) is 0 Å². The van der Waals surface area contributed by atoms with E-state index in [1.54, 1.807) is 36.4 Å². The number of aryl methyl sites for hydroxylation is 1. The van der Waals surface area contributed by atoms with Gasteiger partial charge >= 0.3 is 0 Å². The molecule has 1 aromatic carbocycles. The van der Waals surface area contributed by atoms with E-state index < -0.39 is 5.92 Å². The molecule has 0 aliphatic rings. The average Bonchev–Trinajstić information content (AvgIpc) is 2.72. The lowest BCUT2D eigenvalue weighted by Gasteiger charge is -2.13. The highest BCUT2D eigenvalue weighted by Crippen LogP contribution is 2.27. The van der Waals surface area contributed by atoms with Crippen molar-refractivity contribution in [1.82, 2.24) is 9.97 Å². The van der Waals surface area contributed by atoms with E-state index in [1.165, 1.54) is 6.21 Å². The first-order valence-electron chi connectivity index (χ1n) is 9.20. The van der Waals surface area contributed by atoms with Gasteiger partial charge in [-0.2, -0.15) is 0 Å². The third kappa shape index (κ3) is 5.65. The first-order chi connectivity index (χ1) is 13.9. The molecule has 0 aliphatic heterocycles. The van der Waals surface area contributed by atoms with E-state index in [-0.39, 0.29) is 19.4 Å². The van der Waals surface area contributed by atoms with Gasteiger partial charge in [0.2, 0.25) is 5.92 Å². The Morgan fingerprint density at radius 2 is 1.83 bits per heavy atom. The second-order valence-corrected chi connectivity index (χ2v) is 6.83. The van der Waals surface area contributed by atoms with Gasteiger partial charge in [0.25, 0.3) is 0 Å². The van der Waals surface area contributed by atoms with Crippen molar-refractivity contribution in [3.63, 3.8) is 0 Å². The summed E-state index contributed by atoms with van der Waals surface area (Å²) in [6, 6.07) is 16.1. The molecular weight excluding hydrogens is 374 g/mol. The molecule has 3 N–H and O–H groups in total. The number of aliphatic hydroxyl groups is 1. The molecule has 0 saturated carbocycles. The van der Waals surface area contributed by atoms with Crippen LogP contribution in [-0.4, -0.2) is 27.2 Å². The van der Waals surface area contributed by atoms with Crippen molar-refractivity contribution < 1.29 is 13.9 Å². The number of benzene rings is 1. The summed E-state index contributed by atoms with van der Waals surface area (Å²) in [5, 5.41) is 20.1. The molecule has 150 valence electrons. The standard InChI is InChI=1S/C22H22F2N4O/c1-22(23,24)11-10-17-4-2-6-19(26-17)15-8-9-16(13-25)20(12-15)28-21-7-3-5-18(14-29)27-21/h2-9,12-13,25,29H,10-11,14H2,1H3,(H,27,28). The topological polar surface area (TPSA) is 81.9 Å². The van der Waals surface area contributed by atoms with Gasteiger partial charge in [0.15, 0.2) is 0 Å². The molecule has 0 unspecified atom stereocenters. The molecule has 3 rings (SSSR count). The first-order valence-corrected chi connectivity index (χ1v) is 9.20. The summed E-state index contributed by atoms with van der Waals surface area (Å²) >= 11 is 0. The number of aromatic nitrogens is 2. The average molecular weight is 396 g/mol. The lowest BCUT2D eigenvalue weighted by atomic mass is 10.1. The highest BCUT2D eigenvalue weighted by atomic mass is 19.3. The molecule has 7 heteroatoms. The van der Waals surface area contributed by atoms with Crippen molar-refractivity contribution in [2.45, 2.75) is 32.3 Å². The van der Waals surface area contributed by atoms with E-state index in [9.17, 15) is 13.9 Å². The van der Waals surface area contributed by atoms with E-state index in [0.29, 0.717) is 34.2 Å². The minimum absolute atomic E-state index is 0.166. The van der Waals surface area contributed by atoms with Crippen molar-refractivity contribution >= 4 is 17.7 Å². The fourth-order valence-corrected chi connectivity index (χ4v) is 2.85. The van der Waals surface area contributed by atoms with Crippen molar-refractivity contribution in [3.05, 3.63) is 71.5 Å². The van der Waals surface area contributed by atoms with Crippen LogP contribution in [0, 0.1) is 5.41 Å². The molecule has 0 saturated heterocycles. The molecule has 0 amide bonds. The number of nitrogens with zero attached hydrogens (tertiary/aromatic N) is 2. The summed E-state index contributed by atoms with van der Waals surface area (Å²) in [6.45, 7) is 0.741. The molecule has 0 bridgehead atoms. The highest BCUT2D eigenvalue weighted by molar-refractivity contribution is 5.89. The Labute approximate surface area is 168 Å².